The minimum absolute atomic E-state index is 0.0832. The van der Waals surface area contributed by atoms with Crippen molar-refractivity contribution in [1.29, 1.82) is 0 Å². The Balaban J connectivity index is 5.27. The number of phosphoric acid groups is 2. The first-order valence-electron chi connectivity index (χ1n) is 33.7. The zero-order valence-electron chi connectivity index (χ0n) is 54.5. The van der Waals surface area contributed by atoms with Gasteiger partial charge in [0.1, 0.15) is 19.3 Å². The average molecular weight is 1250 g/mol. The minimum Gasteiger partial charge on any atom is -0.462 e. The highest BCUT2D eigenvalue weighted by atomic mass is 31.2. The van der Waals surface area contributed by atoms with Crippen molar-refractivity contribution in [1.82, 2.24) is 0 Å². The van der Waals surface area contributed by atoms with Crippen LogP contribution in [0.1, 0.15) is 299 Å². The quantitative estimate of drug-likeness (QED) is 0.0169. The lowest BCUT2D eigenvalue weighted by molar-refractivity contribution is -0.161. The van der Waals surface area contributed by atoms with Crippen LogP contribution in [0.15, 0.2) is 24.3 Å². The number of aliphatic hydroxyl groups is 1. The van der Waals surface area contributed by atoms with Crippen LogP contribution in [-0.2, 0) is 65.4 Å². The van der Waals surface area contributed by atoms with Gasteiger partial charge in [-0.05, 0) is 69.1 Å². The molecule has 0 amide bonds. The first kappa shape index (κ1) is 82.5. The van der Waals surface area contributed by atoms with Crippen LogP contribution >= 0.6 is 15.6 Å². The van der Waals surface area contributed by atoms with E-state index in [4.69, 9.17) is 37.0 Å². The maximum Gasteiger partial charge on any atom is 0.472 e. The van der Waals surface area contributed by atoms with Gasteiger partial charge in [-0.2, -0.15) is 0 Å². The second-order valence-electron chi connectivity index (χ2n) is 24.4. The normalized spacial score (nSPS) is 14.8. The number of esters is 4. The van der Waals surface area contributed by atoms with Gasteiger partial charge in [-0.1, -0.05) is 246 Å². The number of aliphatic hydroxyl groups excluding tert-OH is 1. The lowest BCUT2D eigenvalue weighted by Gasteiger charge is -2.21. The second-order valence-corrected chi connectivity index (χ2v) is 27.3. The molecule has 0 heterocycles. The molecule has 0 fully saturated rings. The summed E-state index contributed by atoms with van der Waals surface area (Å²) in [7, 11) is -9.90. The van der Waals surface area contributed by atoms with Crippen molar-refractivity contribution in [3.05, 3.63) is 24.3 Å². The van der Waals surface area contributed by atoms with Crippen molar-refractivity contribution in [3.8, 4) is 0 Å². The molecule has 0 bridgehead atoms. The van der Waals surface area contributed by atoms with Crippen LogP contribution in [0.3, 0.4) is 0 Å². The highest BCUT2D eigenvalue weighted by molar-refractivity contribution is 7.47. The van der Waals surface area contributed by atoms with Gasteiger partial charge in [0.25, 0.3) is 0 Å². The van der Waals surface area contributed by atoms with E-state index in [1.165, 1.54) is 83.5 Å². The number of unbranched alkanes of at least 4 members (excludes halogenated alkanes) is 26. The first-order valence-corrected chi connectivity index (χ1v) is 36.7. The molecule has 17 nitrogen and oxygen atoms in total. The molecular formula is C66H124O17P2. The van der Waals surface area contributed by atoms with Crippen LogP contribution in [0.25, 0.3) is 0 Å². The highest BCUT2D eigenvalue weighted by Crippen LogP contribution is 2.45. The van der Waals surface area contributed by atoms with Gasteiger partial charge < -0.3 is 33.8 Å². The Bertz CT molecular complexity index is 1780. The van der Waals surface area contributed by atoms with Crippen molar-refractivity contribution < 1.29 is 80.2 Å². The van der Waals surface area contributed by atoms with Crippen LogP contribution in [0.5, 0.6) is 0 Å². The summed E-state index contributed by atoms with van der Waals surface area (Å²) in [6.45, 7) is 11.6. The van der Waals surface area contributed by atoms with E-state index in [0.29, 0.717) is 37.5 Å². The number of ether oxygens (including phenoxy) is 4. The topological polar surface area (TPSA) is 237 Å². The number of allylic oxidation sites excluding steroid dienone is 4. The van der Waals surface area contributed by atoms with E-state index in [2.05, 4.69) is 72.8 Å². The summed E-state index contributed by atoms with van der Waals surface area (Å²) in [4.78, 5) is 72.2. The fraction of sp³-hybridized carbons (Fsp3) is 0.879. The standard InChI is InChI=1S/C66H124O17P2/c1-8-10-11-12-13-14-15-16-17-18-19-20-24-35-42-49-65(70)82-61(53-76-63(68)47-40-33-28-26-30-37-44-57(3)4)55-80-84(72,73)78-51-60(67)52-79-85(74,75)81-56-62(54-77-64(69)48-41-34-29-27-31-38-45-58(5)6)83-66(71)50-43-36-25-22-21-23-32-39-46-59(7)9-2/h14-17,57-62,67H,8-13,18-56H2,1-7H3,(H,72,73)(H,74,75)/b15-14-,17-16-/t59?,60-,61+,62+/m0/s1. The van der Waals surface area contributed by atoms with Crippen molar-refractivity contribution in [2.45, 2.75) is 317 Å². The lowest BCUT2D eigenvalue weighted by Crippen LogP contribution is -2.30. The molecule has 0 aliphatic heterocycles. The Hall–Kier alpha value is -2.46. The second kappa shape index (κ2) is 56.8. The molecule has 500 valence electrons. The summed E-state index contributed by atoms with van der Waals surface area (Å²) < 4.78 is 68.0. The van der Waals surface area contributed by atoms with E-state index in [0.717, 1.165) is 121 Å². The summed E-state index contributed by atoms with van der Waals surface area (Å²) >= 11 is 0. The molecule has 0 spiro atoms. The molecule has 0 aromatic rings. The fourth-order valence-electron chi connectivity index (χ4n) is 9.26. The molecule has 3 N–H and O–H groups in total. The van der Waals surface area contributed by atoms with Gasteiger partial charge in [0.15, 0.2) is 12.2 Å². The lowest BCUT2D eigenvalue weighted by atomic mass is 9.99. The monoisotopic (exact) mass is 1250 g/mol. The Labute approximate surface area is 516 Å². The third-order valence-electron chi connectivity index (χ3n) is 14.9. The molecule has 85 heavy (non-hydrogen) atoms. The van der Waals surface area contributed by atoms with E-state index >= 15 is 0 Å². The summed E-state index contributed by atoms with van der Waals surface area (Å²) in [6, 6.07) is 0. The fourth-order valence-corrected chi connectivity index (χ4v) is 10.8. The van der Waals surface area contributed by atoms with Gasteiger partial charge in [-0.15, -0.1) is 0 Å². The van der Waals surface area contributed by atoms with Crippen molar-refractivity contribution in [3.63, 3.8) is 0 Å². The first-order chi connectivity index (χ1) is 40.8. The Kier molecular flexibility index (Phi) is 55.1. The van der Waals surface area contributed by atoms with Crippen molar-refractivity contribution in [2.75, 3.05) is 39.6 Å². The molecular weight excluding hydrogens is 1130 g/mol. The number of phosphoric ester groups is 2. The maximum atomic E-state index is 13.0. The number of carbonyl (C=O) groups excluding carboxylic acids is 4. The molecule has 0 saturated carbocycles. The number of carbonyl (C=O) groups is 4. The van der Waals surface area contributed by atoms with Crippen LogP contribution in [0.2, 0.25) is 0 Å². The maximum absolute atomic E-state index is 13.0. The Morgan fingerprint density at radius 2 is 0.694 bits per heavy atom. The number of rotatable bonds is 62. The molecule has 0 aromatic carbocycles. The smallest absolute Gasteiger partial charge is 0.462 e. The minimum atomic E-state index is -4.95. The molecule has 0 radical (unpaired) electrons. The third kappa shape index (κ3) is 59.0. The van der Waals surface area contributed by atoms with E-state index in [9.17, 15) is 43.2 Å². The number of hydrogen-bond donors (Lipinski definition) is 3. The molecule has 0 aliphatic carbocycles. The predicted octanol–water partition coefficient (Wildman–Crippen LogP) is 17.8. The molecule has 0 aromatic heterocycles. The van der Waals surface area contributed by atoms with E-state index in [1.54, 1.807) is 0 Å². The van der Waals surface area contributed by atoms with Crippen LogP contribution in [-0.4, -0.2) is 96.7 Å². The van der Waals surface area contributed by atoms with Gasteiger partial charge in [0, 0.05) is 25.7 Å². The van der Waals surface area contributed by atoms with Crippen molar-refractivity contribution >= 4 is 39.5 Å². The van der Waals surface area contributed by atoms with E-state index < -0.39 is 97.5 Å². The Morgan fingerprint density at radius 1 is 0.388 bits per heavy atom. The van der Waals surface area contributed by atoms with E-state index in [-0.39, 0.29) is 25.7 Å². The number of hydrogen-bond acceptors (Lipinski definition) is 15. The predicted molar refractivity (Wildman–Crippen MR) is 340 cm³/mol. The molecule has 0 aliphatic rings. The SMILES string of the molecule is CCCCCC/C=C\C=C/CCCCCCCC(=O)O[C@H](COC(=O)CCCCCCCCC(C)C)COP(=O)(O)OC[C@H](O)COP(=O)(O)OC[C@@H](COC(=O)CCCCCCCCC(C)C)OC(=O)CCCCCCCCCCC(C)CC. The van der Waals surface area contributed by atoms with Crippen LogP contribution < -0.4 is 0 Å². The molecule has 6 atom stereocenters. The summed E-state index contributed by atoms with van der Waals surface area (Å²) in [5.74, 6) is -0.0473. The zero-order chi connectivity index (χ0) is 63.1. The molecule has 19 heteroatoms. The highest BCUT2D eigenvalue weighted by Gasteiger charge is 2.30. The summed E-state index contributed by atoms with van der Waals surface area (Å²) in [6.07, 6.45) is 41.4. The summed E-state index contributed by atoms with van der Waals surface area (Å²) in [5.41, 5.74) is 0. The van der Waals surface area contributed by atoms with Crippen LogP contribution in [0, 0.1) is 17.8 Å². The summed E-state index contributed by atoms with van der Waals surface area (Å²) in [5, 5.41) is 10.5. The van der Waals surface area contributed by atoms with Gasteiger partial charge >= 0.3 is 39.5 Å². The van der Waals surface area contributed by atoms with E-state index in [1.807, 2.05) is 0 Å². The van der Waals surface area contributed by atoms with Gasteiger partial charge in [-0.25, -0.2) is 9.13 Å². The zero-order valence-corrected chi connectivity index (χ0v) is 56.3. The molecule has 0 saturated heterocycles. The van der Waals surface area contributed by atoms with Gasteiger partial charge in [0.05, 0.1) is 26.4 Å². The van der Waals surface area contributed by atoms with Crippen LogP contribution in [0.4, 0.5) is 0 Å². The van der Waals surface area contributed by atoms with Gasteiger partial charge in [0.2, 0.25) is 0 Å². The Morgan fingerprint density at radius 3 is 1.05 bits per heavy atom. The average Bonchev–Trinajstić information content (AvgIpc) is 3.57. The molecule has 0 rings (SSSR count). The third-order valence-corrected chi connectivity index (χ3v) is 16.8. The van der Waals surface area contributed by atoms with Crippen molar-refractivity contribution in [2.24, 2.45) is 17.8 Å². The molecule has 3 unspecified atom stereocenters. The largest absolute Gasteiger partial charge is 0.472 e. The van der Waals surface area contributed by atoms with Gasteiger partial charge in [-0.3, -0.25) is 37.3 Å².